The number of nitrogens with zero attached hydrogens (tertiary/aromatic N) is 3. The van der Waals surface area contributed by atoms with Crippen molar-refractivity contribution in [2.75, 3.05) is 7.11 Å². The number of hydrogen-bond acceptors (Lipinski definition) is 3. The summed E-state index contributed by atoms with van der Waals surface area (Å²) >= 11 is 0. The third-order valence-corrected chi connectivity index (χ3v) is 5.90. The molecule has 0 spiro atoms. The molecule has 0 aliphatic rings. The monoisotopic (exact) mass is 520 g/mol. The maximum Gasteiger partial charge on any atom is 0.480 e. The van der Waals surface area contributed by atoms with Crippen LogP contribution in [0.4, 0.5) is 26.3 Å². The van der Waals surface area contributed by atoms with Crippen LogP contribution in [0.3, 0.4) is 0 Å². The van der Waals surface area contributed by atoms with E-state index in [9.17, 15) is 26.3 Å². The molecule has 36 heavy (non-hydrogen) atoms. The molecule has 0 amide bonds. The van der Waals surface area contributed by atoms with E-state index in [0.29, 0.717) is 5.69 Å². The van der Waals surface area contributed by atoms with Gasteiger partial charge in [0.2, 0.25) is 0 Å². The number of hydrogen-bond donors (Lipinski definition) is 0. The maximum absolute atomic E-state index is 14.3. The lowest BCUT2D eigenvalue weighted by molar-refractivity contribution is -0.772. The Morgan fingerprint density at radius 1 is 0.806 bits per heavy atom. The molecule has 0 aliphatic heterocycles. The molecule has 0 bridgehead atoms. The highest BCUT2D eigenvalue weighted by molar-refractivity contribution is 5.44. The fourth-order valence-electron chi connectivity index (χ4n) is 3.97. The number of pyridine rings is 1. The fourth-order valence-corrected chi connectivity index (χ4v) is 3.97. The van der Waals surface area contributed by atoms with Crippen molar-refractivity contribution in [1.82, 2.24) is 10.1 Å². The first-order chi connectivity index (χ1) is 16.1. The van der Waals surface area contributed by atoms with Crippen LogP contribution in [-0.4, -0.2) is 17.2 Å². The van der Waals surface area contributed by atoms with Gasteiger partial charge >= 0.3 is 18.0 Å². The van der Waals surface area contributed by atoms with Crippen LogP contribution in [0.5, 0.6) is 5.75 Å². The second-order valence-electron chi connectivity index (χ2n) is 11.5. The van der Waals surface area contributed by atoms with Gasteiger partial charge in [0, 0.05) is 27.9 Å². The van der Waals surface area contributed by atoms with Crippen molar-refractivity contribution < 1.29 is 35.8 Å². The lowest BCUT2D eigenvalue weighted by Gasteiger charge is -2.26. The average molecular weight is 521 g/mol. The molecule has 10 heteroatoms. The summed E-state index contributed by atoms with van der Waals surface area (Å²) in [5.74, 6) is -1.13. The summed E-state index contributed by atoms with van der Waals surface area (Å²) in [6.07, 6.45) is -9.45. The topological polar surface area (TPSA) is 38.9 Å². The molecule has 0 radical (unpaired) electrons. The molecule has 1 unspecified atom stereocenters. The van der Waals surface area contributed by atoms with Crippen LogP contribution < -0.4 is 9.42 Å². The van der Waals surface area contributed by atoms with Crippen molar-refractivity contribution in [3.8, 4) is 5.75 Å². The fraction of sp³-hybridized carbons (Fsp3) is 0.654. The molecule has 0 N–H and O–H groups in total. The number of aromatic nitrogens is 3. The second-order valence-corrected chi connectivity index (χ2v) is 11.5. The summed E-state index contributed by atoms with van der Waals surface area (Å²) in [7, 11) is 1.32. The predicted octanol–water partition coefficient (Wildman–Crippen LogP) is 7.33. The van der Waals surface area contributed by atoms with Gasteiger partial charge in [-0.05, 0) is 23.1 Å². The first-order valence-electron chi connectivity index (χ1n) is 11.8. The third-order valence-electron chi connectivity index (χ3n) is 5.90. The Hall–Kier alpha value is -2.39. The van der Waals surface area contributed by atoms with Crippen molar-refractivity contribution in [3.63, 3.8) is 0 Å². The minimum Gasteiger partial charge on any atom is -0.495 e. The summed E-state index contributed by atoms with van der Waals surface area (Å²) in [6, 6.07) is 2.34. The molecule has 0 saturated carbocycles. The molecule has 0 aliphatic carbocycles. The Labute approximate surface area is 209 Å². The summed E-state index contributed by atoms with van der Waals surface area (Å²) < 4.78 is 90.5. The molecular weight excluding hydrogens is 484 g/mol. The molecule has 202 valence electrons. The van der Waals surface area contributed by atoms with E-state index in [-0.39, 0.29) is 29.1 Å². The van der Waals surface area contributed by atoms with Crippen molar-refractivity contribution in [2.24, 2.45) is 0 Å². The van der Waals surface area contributed by atoms with Gasteiger partial charge in [0.1, 0.15) is 17.1 Å². The highest BCUT2D eigenvalue weighted by Crippen LogP contribution is 2.41. The first-order valence-corrected chi connectivity index (χ1v) is 11.8. The lowest BCUT2D eigenvalue weighted by Crippen LogP contribution is -2.50. The van der Waals surface area contributed by atoms with Crippen LogP contribution in [0.2, 0.25) is 0 Å². The molecule has 2 aromatic heterocycles. The molecule has 0 saturated heterocycles. The number of alkyl halides is 6. The molecule has 0 aromatic carbocycles. The van der Waals surface area contributed by atoms with Crippen LogP contribution in [0.1, 0.15) is 108 Å². The van der Waals surface area contributed by atoms with Crippen molar-refractivity contribution in [1.29, 1.82) is 0 Å². The second kappa shape index (κ2) is 9.82. The van der Waals surface area contributed by atoms with Gasteiger partial charge < -0.3 is 4.74 Å². The van der Waals surface area contributed by atoms with Gasteiger partial charge in [0.05, 0.1) is 12.8 Å². The van der Waals surface area contributed by atoms with E-state index < -0.39 is 46.4 Å². The van der Waals surface area contributed by atoms with E-state index in [1.54, 1.807) is 41.5 Å². The minimum atomic E-state index is -4.74. The number of halogens is 6. The van der Waals surface area contributed by atoms with E-state index in [0.717, 1.165) is 10.7 Å². The van der Waals surface area contributed by atoms with Gasteiger partial charge in [0.15, 0.2) is 6.54 Å². The van der Waals surface area contributed by atoms with Crippen LogP contribution in [-0.2, 0) is 29.7 Å². The molecule has 2 aromatic rings. The van der Waals surface area contributed by atoms with Crippen molar-refractivity contribution >= 4 is 0 Å². The van der Waals surface area contributed by atoms with Gasteiger partial charge in [-0.15, -0.1) is 0 Å². The first kappa shape index (κ1) is 29.8. The Morgan fingerprint density at radius 2 is 1.33 bits per heavy atom. The molecule has 2 heterocycles. The smallest absolute Gasteiger partial charge is 0.480 e. The molecule has 0 fully saturated rings. The van der Waals surface area contributed by atoms with Crippen LogP contribution in [0.15, 0.2) is 12.1 Å². The van der Waals surface area contributed by atoms with Crippen LogP contribution in [0.25, 0.3) is 0 Å². The number of ether oxygens (including phenoxy) is 1. The van der Waals surface area contributed by atoms with Crippen LogP contribution in [0, 0.1) is 0 Å². The Bertz CT molecular complexity index is 1090. The zero-order valence-electron chi connectivity index (χ0n) is 22.5. The zero-order valence-corrected chi connectivity index (χ0v) is 22.5. The number of rotatable bonds is 5. The summed E-state index contributed by atoms with van der Waals surface area (Å²) in [4.78, 5) is 3.82. The van der Waals surface area contributed by atoms with Gasteiger partial charge in [-0.2, -0.15) is 26.3 Å². The van der Waals surface area contributed by atoms with E-state index in [1.807, 2.05) is 20.8 Å². The normalized spacial score (nSPS) is 14.4. The Kier molecular flexibility index (Phi) is 8.14. The van der Waals surface area contributed by atoms with Crippen molar-refractivity contribution in [2.45, 2.75) is 104 Å². The number of methoxy groups -OCH3 is 1. The molecule has 1 atom stereocenters. The highest BCUT2D eigenvalue weighted by Gasteiger charge is 2.47. The molecule has 2 rings (SSSR count). The van der Waals surface area contributed by atoms with E-state index in [2.05, 4.69) is 10.1 Å². The summed E-state index contributed by atoms with van der Waals surface area (Å²) in [5.41, 5.74) is -2.62. The van der Waals surface area contributed by atoms with Crippen molar-refractivity contribution in [3.05, 3.63) is 46.0 Å². The van der Waals surface area contributed by atoms with Gasteiger partial charge in [-0.25, -0.2) is 4.98 Å². The van der Waals surface area contributed by atoms with E-state index in [1.165, 1.54) is 13.2 Å². The zero-order chi connectivity index (χ0) is 28.0. The quantitative estimate of drug-likeness (QED) is 0.306. The predicted molar refractivity (Wildman–Crippen MR) is 125 cm³/mol. The minimum absolute atomic E-state index is 0.0852. The van der Waals surface area contributed by atoms with Crippen LogP contribution >= 0.6 is 0 Å². The largest absolute Gasteiger partial charge is 0.495 e. The standard InChI is InChI=1S/C26H36F6N3O/c1-14(2)16-11-18(23(4,5)6)34-35(22(16)26(30,31)32)13-15(3)17-12-19(25(27,28)29)33-21(20(17)36-10)24(7,8)9/h11-12,14-15H,13H2,1-10H3/q+1. The van der Waals surface area contributed by atoms with Gasteiger partial charge in [-0.3, -0.25) is 0 Å². The Balaban J connectivity index is 2.84. The molecular formula is C26H36F6N3O+. The SMILES string of the molecule is COc1c(C(C)C[n+]2nc(C(C)(C)C)cc(C(C)C)c2C(F)(F)F)cc(C(F)(F)F)nc1C(C)(C)C. The van der Waals surface area contributed by atoms with E-state index >= 15 is 0 Å². The van der Waals surface area contributed by atoms with E-state index in [4.69, 9.17) is 4.74 Å². The summed E-state index contributed by atoms with van der Waals surface area (Å²) in [5, 5.41) is 4.33. The highest BCUT2D eigenvalue weighted by atomic mass is 19.4. The van der Waals surface area contributed by atoms with Gasteiger partial charge in [0.25, 0.3) is 0 Å². The average Bonchev–Trinajstić information content (AvgIpc) is 2.69. The molecule has 4 nitrogen and oxygen atoms in total. The lowest BCUT2D eigenvalue weighted by atomic mass is 9.87. The maximum atomic E-state index is 14.3. The summed E-state index contributed by atoms with van der Waals surface area (Å²) in [6.45, 7) is 15.2. The third kappa shape index (κ3) is 6.48. The Morgan fingerprint density at radius 3 is 1.72 bits per heavy atom. The van der Waals surface area contributed by atoms with Gasteiger partial charge in [-0.1, -0.05) is 67.0 Å².